The summed E-state index contributed by atoms with van der Waals surface area (Å²) in [6.07, 6.45) is -0.751. The summed E-state index contributed by atoms with van der Waals surface area (Å²) in [6, 6.07) is 9.85. The first-order valence-corrected chi connectivity index (χ1v) is 8.47. The third-order valence-electron chi connectivity index (χ3n) is 3.54. The summed E-state index contributed by atoms with van der Waals surface area (Å²) < 4.78 is 44.6. The van der Waals surface area contributed by atoms with Crippen molar-refractivity contribution in [1.29, 1.82) is 0 Å². The van der Waals surface area contributed by atoms with Crippen molar-refractivity contribution >= 4 is 23.2 Å². The first-order valence-electron chi connectivity index (χ1n) is 7.24. The Labute approximate surface area is 145 Å². The van der Waals surface area contributed by atoms with E-state index in [-0.39, 0.29) is 12.3 Å². The van der Waals surface area contributed by atoms with Gasteiger partial charge in [0.1, 0.15) is 6.61 Å². The molecule has 0 N–H and O–H groups in total. The van der Waals surface area contributed by atoms with Crippen LogP contribution in [0.15, 0.2) is 53.8 Å². The van der Waals surface area contributed by atoms with E-state index in [1.54, 1.807) is 22.7 Å². The van der Waals surface area contributed by atoms with Crippen molar-refractivity contribution in [3.63, 3.8) is 0 Å². The van der Waals surface area contributed by atoms with Crippen LogP contribution in [0.1, 0.15) is 21.6 Å². The molecule has 0 radical (unpaired) electrons. The monoisotopic (exact) mass is 366 g/mol. The molecule has 2 heterocycles. The van der Waals surface area contributed by atoms with E-state index in [1.807, 2.05) is 12.3 Å². The molecular weight excluding hydrogens is 353 g/mol. The number of halogens is 3. The molecule has 4 nitrogen and oxygen atoms in total. The number of thioether (sulfide) groups is 1. The zero-order chi connectivity index (χ0) is 18.0. The molecule has 2 aromatic heterocycles. The van der Waals surface area contributed by atoms with Crippen LogP contribution in [0.25, 0.3) is 5.52 Å². The van der Waals surface area contributed by atoms with Gasteiger partial charge in [-0.25, -0.2) is 9.78 Å². The van der Waals surface area contributed by atoms with Crippen molar-refractivity contribution in [2.75, 3.05) is 6.26 Å². The number of fused-ring (bicyclic) bond motifs is 1. The lowest BCUT2D eigenvalue weighted by Crippen LogP contribution is -2.07. The lowest BCUT2D eigenvalue weighted by Gasteiger charge is -2.08. The Hall–Kier alpha value is -2.48. The van der Waals surface area contributed by atoms with Gasteiger partial charge in [0.25, 0.3) is 0 Å². The molecular formula is C17H13F3N2O2S. The number of benzene rings is 1. The molecule has 0 saturated carbocycles. The smallest absolute Gasteiger partial charge is 0.416 e. The number of nitrogens with zero attached hydrogens (tertiary/aromatic N) is 2. The molecule has 0 spiro atoms. The maximum atomic E-state index is 12.5. The van der Waals surface area contributed by atoms with Gasteiger partial charge >= 0.3 is 12.1 Å². The van der Waals surface area contributed by atoms with E-state index < -0.39 is 17.7 Å². The molecule has 0 aliphatic rings. The third kappa shape index (κ3) is 3.63. The summed E-state index contributed by atoms with van der Waals surface area (Å²) >= 11 is 1.39. The van der Waals surface area contributed by atoms with E-state index in [4.69, 9.17) is 4.74 Å². The van der Waals surface area contributed by atoms with E-state index in [9.17, 15) is 18.0 Å². The number of alkyl halides is 3. The average Bonchev–Trinajstić information content (AvgIpc) is 2.98. The molecule has 0 aliphatic heterocycles. The van der Waals surface area contributed by atoms with Gasteiger partial charge < -0.3 is 4.74 Å². The standard InChI is InChI=1S/C17H13F3N2O2S/c1-25-16-21-14(13-4-2-3-9-22(13)16)15(23)24-10-11-5-7-12(8-6-11)17(18,19)20/h2-9H,10H2,1H3. The third-order valence-corrected chi connectivity index (χ3v) is 4.20. The number of carbonyl (C=O) groups is 1. The van der Waals surface area contributed by atoms with Crippen molar-refractivity contribution < 1.29 is 22.7 Å². The molecule has 0 unspecified atom stereocenters. The van der Waals surface area contributed by atoms with E-state index in [2.05, 4.69) is 4.98 Å². The normalized spacial score (nSPS) is 11.7. The Morgan fingerprint density at radius 3 is 2.56 bits per heavy atom. The zero-order valence-electron chi connectivity index (χ0n) is 13.1. The maximum absolute atomic E-state index is 12.5. The Morgan fingerprint density at radius 2 is 1.92 bits per heavy atom. The number of carbonyl (C=O) groups excluding carboxylic acids is 1. The number of ether oxygens (including phenoxy) is 1. The van der Waals surface area contributed by atoms with Gasteiger partial charge in [-0.15, -0.1) is 0 Å². The molecule has 1 aromatic carbocycles. The van der Waals surface area contributed by atoms with E-state index >= 15 is 0 Å². The summed E-state index contributed by atoms with van der Waals surface area (Å²) in [4.78, 5) is 16.6. The van der Waals surface area contributed by atoms with Gasteiger partial charge in [0.2, 0.25) is 0 Å². The van der Waals surface area contributed by atoms with E-state index in [1.165, 1.54) is 23.9 Å². The second-order valence-corrected chi connectivity index (χ2v) is 5.95. The van der Waals surface area contributed by atoms with E-state index in [0.29, 0.717) is 16.2 Å². The number of aromatic nitrogens is 2. The quantitative estimate of drug-likeness (QED) is 0.506. The van der Waals surface area contributed by atoms with Gasteiger partial charge in [-0.05, 0) is 36.1 Å². The van der Waals surface area contributed by atoms with Crippen molar-refractivity contribution in [2.24, 2.45) is 0 Å². The second kappa shape index (κ2) is 6.79. The highest BCUT2D eigenvalue weighted by molar-refractivity contribution is 7.98. The molecule has 0 aliphatic carbocycles. The molecule has 8 heteroatoms. The van der Waals surface area contributed by atoms with Crippen molar-refractivity contribution in [1.82, 2.24) is 9.38 Å². The van der Waals surface area contributed by atoms with Crippen LogP contribution in [0.4, 0.5) is 13.2 Å². The molecule has 25 heavy (non-hydrogen) atoms. The highest BCUT2D eigenvalue weighted by Gasteiger charge is 2.30. The summed E-state index contributed by atoms with van der Waals surface area (Å²) in [5.74, 6) is -0.621. The van der Waals surface area contributed by atoms with Crippen LogP contribution in [0.3, 0.4) is 0 Å². The van der Waals surface area contributed by atoms with Crippen LogP contribution in [-0.2, 0) is 17.5 Å². The van der Waals surface area contributed by atoms with Crippen LogP contribution in [-0.4, -0.2) is 21.6 Å². The fraction of sp³-hybridized carbons (Fsp3) is 0.176. The topological polar surface area (TPSA) is 43.6 Å². The van der Waals surface area contributed by atoms with Gasteiger partial charge in [0, 0.05) is 6.20 Å². The lowest BCUT2D eigenvalue weighted by atomic mass is 10.1. The lowest BCUT2D eigenvalue weighted by molar-refractivity contribution is -0.137. The second-order valence-electron chi connectivity index (χ2n) is 5.17. The predicted molar refractivity (Wildman–Crippen MR) is 87.5 cm³/mol. The average molecular weight is 366 g/mol. The minimum Gasteiger partial charge on any atom is -0.456 e. The van der Waals surface area contributed by atoms with Crippen LogP contribution >= 0.6 is 11.8 Å². The van der Waals surface area contributed by atoms with Gasteiger partial charge in [0.15, 0.2) is 10.9 Å². The molecule has 3 rings (SSSR count). The van der Waals surface area contributed by atoms with Gasteiger partial charge in [-0.3, -0.25) is 4.40 Å². The number of pyridine rings is 1. The van der Waals surface area contributed by atoms with Gasteiger partial charge in [0.05, 0.1) is 11.1 Å². The highest BCUT2D eigenvalue weighted by Crippen LogP contribution is 2.29. The Kier molecular flexibility index (Phi) is 4.71. The van der Waals surface area contributed by atoms with Gasteiger partial charge in [-0.1, -0.05) is 30.0 Å². The number of rotatable bonds is 4. The predicted octanol–water partition coefficient (Wildman–Crippen LogP) is 4.43. The Balaban J connectivity index is 1.75. The number of hydrogen-bond donors (Lipinski definition) is 0. The number of hydrogen-bond acceptors (Lipinski definition) is 4. The van der Waals surface area contributed by atoms with Crippen LogP contribution in [0, 0.1) is 0 Å². The van der Waals surface area contributed by atoms with Crippen LogP contribution in [0.5, 0.6) is 0 Å². The fourth-order valence-corrected chi connectivity index (χ4v) is 2.85. The molecule has 0 saturated heterocycles. The van der Waals surface area contributed by atoms with E-state index in [0.717, 1.165) is 12.1 Å². The van der Waals surface area contributed by atoms with Crippen molar-refractivity contribution in [3.05, 3.63) is 65.5 Å². The summed E-state index contributed by atoms with van der Waals surface area (Å²) in [5, 5.41) is 0.650. The fourth-order valence-electron chi connectivity index (χ4n) is 2.31. The molecule has 3 aromatic rings. The zero-order valence-corrected chi connectivity index (χ0v) is 13.9. The van der Waals surface area contributed by atoms with Gasteiger partial charge in [-0.2, -0.15) is 13.2 Å². The summed E-state index contributed by atoms with van der Waals surface area (Å²) in [7, 11) is 0. The molecule has 0 atom stereocenters. The summed E-state index contributed by atoms with van der Waals surface area (Å²) in [6.45, 7) is -0.128. The largest absolute Gasteiger partial charge is 0.456 e. The van der Waals surface area contributed by atoms with Crippen molar-refractivity contribution in [3.8, 4) is 0 Å². The summed E-state index contributed by atoms with van der Waals surface area (Å²) in [5.41, 5.74) is 0.517. The van der Waals surface area contributed by atoms with Crippen LogP contribution < -0.4 is 0 Å². The minimum absolute atomic E-state index is 0.128. The number of esters is 1. The van der Waals surface area contributed by atoms with Crippen molar-refractivity contribution in [2.45, 2.75) is 17.9 Å². The van der Waals surface area contributed by atoms with Crippen LogP contribution in [0.2, 0.25) is 0 Å². The SMILES string of the molecule is CSc1nc(C(=O)OCc2ccc(C(F)(F)F)cc2)c2ccccn12. The first-order chi connectivity index (χ1) is 11.9. The molecule has 0 fully saturated rings. The first kappa shape index (κ1) is 17.3. The molecule has 130 valence electrons. The maximum Gasteiger partial charge on any atom is 0.416 e. The minimum atomic E-state index is -4.39. The molecule has 0 amide bonds. The highest BCUT2D eigenvalue weighted by atomic mass is 32.2. The number of imidazole rings is 1. The Morgan fingerprint density at radius 1 is 1.20 bits per heavy atom. The Bertz CT molecular complexity index is 904. The molecule has 0 bridgehead atoms.